The summed E-state index contributed by atoms with van der Waals surface area (Å²) in [7, 11) is 0. The lowest BCUT2D eigenvalue weighted by Gasteiger charge is -2.22. The Morgan fingerprint density at radius 3 is 2.60 bits per heavy atom. The number of nitrogens with zero attached hydrogens (tertiary/aromatic N) is 5. The highest BCUT2D eigenvalue weighted by Gasteiger charge is 2.23. The van der Waals surface area contributed by atoms with Gasteiger partial charge in [0.1, 0.15) is 17.5 Å². The number of aromatic nitrogens is 5. The highest BCUT2D eigenvalue weighted by atomic mass is 19.1. The SMILES string of the molecule is CC(=O)Cn1ncc2cc(-n3cccn3)c([C@H](C)Oc3cc4cc(F)ccc4nc3NC(=O)OC(C)(C)C)cc21. The van der Waals surface area contributed by atoms with Crippen LogP contribution in [-0.2, 0) is 16.1 Å². The van der Waals surface area contributed by atoms with Gasteiger partial charge in [0.05, 0.1) is 29.5 Å². The summed E-state index contributed by atoms with van der Waals surface area (Å²) in [4.78, 5) is 29.0. The lowest BCUT2D eigenvalue weighted by molar-refractivity contribution is -0.117. The fourth-order valence-electron chi connectivity index (χ4n) is 4.36. The summed E-state index contributed by atoms with van der Waals surface area (Å²) in [5.41, 5.74) is 1.98. The third kappa shape index (κ3) is 5.78. The van der Waals surface area contributed by atoms with Gasteiger partial charge >= 0.3 is 6.09 Å². The fourth-order valence-corrected chi connectivity index (χ4v) is 4.36. The van der Waals surface area contributed by atoms with Crippen molar-refractivity contribution in [3.63, 3.8) is 0 Å². The second-order valence-corrected chi connectivity index (χ2v) is 10.5. The van der Waals surface area contributed by atoms with Gasteiger partial charge in [0.25, 0.3) is 0 Å². The number of halogens is 1. The first kappa shape index (κ1) is 26.8. The number of fused-ring (bicyclic) bond motifs is 2. The number of anilines is 1. The molecule has 0 aliphatic rings. The van der Waals surface area contributed by atoms with E-state index in [1.807, 2.05) is 31.3 Å². The number of hydrogen-bond donors (Lipinski definition) is 1. The Hall–Kier alpha value is -4.80. The van der Waals surface area contributed by atoms with Crippen LogP contribution < -0.4 is 10.1 Å². The van der Waals surface area contributed by atoms with Crippen molar-refractivity contribution >= 4 is 39.5 Å². The summed E-state index contributed by atoms with van der Waals surface area (Å²) in [5.74, 6) is -0.102. The number of Topliss-reactive ketones (excluding diaryl/α,β-unsaturated/α-hetero) is 1. The molecule has 10 nitrogen and oxygen atoms in total. The average Bonchev–Trinajstić information content (AvgIpc) is 3.52. The first-order valence-corrected chi connectivity index (χ1v) is 12.7. The monoisotopic (exact) mass is 544 g/mol. The predicted molar refractivity (Wildman–Crippen MR) is 148 cm³/mol. The maximum absolute atomic E-state index is 14.0. The van der Waals surface area contributed by atoms with E-state index < -0.39 is 23.6 Å². The lowest BCUT2D eigenvalue weighted by atomic mass is 10.1. The highest BCUT2D eigenvalue weighted by Crippen LogP contribution is 2.35. The van der Waals surface area contributed by atoms with Crippen molar-refractivity contribution in [3.8, 4) is 11.4 Å². The maximum Gasteiger partial charge on any atom is 0.413 e. The van der Waals surface area contributed by atoms with Crippen molar-refractivity contribution in [1.82, 2.24) is 24.5 Å². The number of carbonyl (C=O) groups excluding carboxylic acids is 2. The molecule has 1 N–H and O–H groups in total. The van der Waals surface area contributed by atoms with Crippen LogP contribution in [0.5, 0.6) is 5.75 Å². The first-order valence-electron chi connectivity index (χ1n) is 12.7. The van der Waals surface area contributed by atoms with E-state index in [4.69, 9.17) is 9.47 Å². The second-order valence-electron chi connectivity index (χ2n) is 10.5. The van der Waals surface area contributed by atoms with Crippen LogP contribution in [0.2, 0.25) is 0 Å². The number of carbonyl (C=O) groups is 2. The minimum atomic E-state index is -0.727. The maximum atomic E-state index is 14.0. The van der Waals surface area contributed by atoms with Gasteiger partial charge in [-0.15, -0.1) is 0 Å². The highest BCUT2D eigenvalue weighted by molar-refractivity contribution is 5.90. The Bertz CT molecular complexity index is 1720. The van der Waals surface area contributed by atoms with Crippen LogP contribution in [0.3, 0.4) is 0 Å². The zero-order valence-corrected chi connectivity index (χ0v) is 22.8. The molecule has 5 aromatic rings. The molecule has 3 aromatic heterocycles. The van der Waals surface area contributed by atoms with Crippen LogP contribution >= 0.6 is 0 Å². The molecule has 3 heterocycles. The number of hydrogen-bond acceptors (Lipinski definition) is 7. The summed E-state index contributed by atoms with van der Waals surface area (Å²) >= 11 is 0. The molecule has 11 heteroatoms. The van der Waals surface area contributed by atoms with Crippen LogP contribution in [0, 0.1) is 5.82 Å². The van der Waals surface area contributed by atoms with Gasteiger partial charge in [-0.1, -0.05) is 0 Å². The molecule has 5 rings (SSSR count). The summed E-state index contributed by atoms with van der Waals surface area (Å²) in [6.45, 7) is 8.74. The third-order valence-electron chi connectivity index (χ3n) is 6.02. The van der Waals surface area contributed by atoms with Crippen molar-refractivity contribution in [2.45, 2.75) is 52.9 Å². The lowest BCUT2D eigenvalue weighted by Crippen LogP contribution is -2.27. The molecule has 2 aromatic carbocycles. The van der Waals surface area contributed by atoms with E-state index in [0.717, 1.165) is 22.2 Å². The number of benzene rings is 2. The Kier molecular flexibility index (Phi) is 6.97. The summed E-state index contributed by atoms with van der Waals surface area (Å²) in [6.07, 6.45) is 3.88. The Labute approximate surface area is 229 Å². The minimum Gasteiger partial charge on any atom is -0.482 e. The molecule has 0 radical (unpaired) electrons. The molecule has 1 atom stereocenters. The van der Waals surface area contributed by atoms with E-state index in [2.05, 4.69) is 20.5 Å². The molecule has 40 heavy (non-hydrogen) atoms. The fraction of sp³-hybridized carbons (Fsp3) is 0.276. The van der Waals surface area contributed by atoms with Gasteiger partial charge < -0.3 is 9.47 Å². The van der Waals surface area contributed by atoms with E-state index in [1.165, 1.54) is 25.1 Å². The minimum absolute atomic E-state index is 0.0284. The molecule has 0 aliphatic heterocycles. The zero-order chi connectivity index (χ0) is 28.6. The normalized spacial score (nSPS) is 12.4. The van der Waals surface area contributed by atoms with Gasteiger partial charge in [0.2, 0.25) is 0 Å². The molecule has 0 unspecified atom stereocenters. The van der Waals surface area contributed by atoms with Crippen molar-refractivity contribution in [2.75, 3.05) is 5.32 Å². The van der Waals surface area contributed by atoms with Crippen molar-refractivity contribution in [3.05, 3.63) is 72.4 Å². The first-order chi connectivity index (χ1) is 19.0. The molecular formula is C29H29FN6O4. The van der Waals surface area contributed by atoms with Crippen LogP contribution in [0.1, 0.15) is 46.3 Å². The van der Waals surface area contributed by atoms with Gasteiger partial charge in [0, 0.05) is 28.7 Å². The largest absolute Gasteiger partial charge is 0.482 e. The number of ketones is 1. The number of rotatable bonds is 7. The number of amides is 1. The zero-order valence-electron chi connectivity index (χ0n) is 22.8. The Balaban J connectivity index is 1.59. The standard InChI is InChI=1S/C29H29FN6O4/c1-17(37)16-36-24-14-22(25(12-20(24)15-32-36)35-10-6-9-31-35)18(2)39-26-13-19-11-21(30)7-8-23(19)33-27(26)34-28(38)40-29(3,4)5/h6-15,18H,16H2,1-5H3,(H,33,34,38)/t18-/m0/s1. The molecule has 0 saturated carbocycles. The summed E-state index contributed by atoms with van der Waals surface area (Å²) in [6, 6.07) is 11.4. The molecule has 1 amide bonds. The third-order valence-corrected chi connectivity index (χ3v) is 6.02. The molecule has 0 spiro atoms. The molecular weight excluding hydrogens is 515 g/mol. The summed E-state index contributed by atoms with van der Waals surface area (Å²) in [5, 5.41) is 12.8. The summed E-state index contributed by atoms with van der Waals surface area (Å²) < 4.78 is 29.2. The smallest absolute Gasteiger partial charge is 0.413 e. The van der Waals surface area contributed by atoms with E-state index in [1.54, 1.807) is 48.6 Å². The molecule has 206 valence electrons. The van der Waals surface area contributed by atoms with Crippen LogP contribution in [0.15, 0.2) is 61.1 Å². The second kappa shape index (κ2) is 10.4. The number of nitrogens with one attached hydrogen (secondary N) is 1. The van der Waals surface area contributed by atoms with Crippen LogP contribution in [0.4, 0.5) is 15.0 Å². The molecule has 0 bridgehead atoms. The topological polar surface area (TPSA) is 113 Å². The predicted octanol–water partition coefficient (Wildman–Crippen LogP) is 5.99. The number of pyridine rings is 1. The number of ether oxygens (including phenoxy) is 2. The van der Waals surface area contributed by atoms with E-state index in [0.29, 0.717) is 10.9 Å². The van der Waals surface area contributed by atoms with Gasteiger partial charge in [-0.3, -0.25) is 14.8 Å². The van der Waals surface area contributed by atoms with E-state index in [-0.39, 0.29) is 23.9 Å². The van der Waals surface area contributed by atoms with Crippen LogP contribution in [-0.4, -0.2) is 42.0 Å². The van der Waals surface area contributed by atoms with Crippen molar-refractivity contribution in [2.24, 2.45) is 0 Å². The molecule has 0 aliphatic carbocycles. The molecule has 0 saturated heterocycles. The van der Waals surface area contributed by atoms with Crippen LogP contribution in [0.25, 0.3) is 27.5 Å². The van der Waals surface area contributed by atoms with Gasteiger partial charge in [0.15, 0.2) is 17.4 Å². The Morgan fingerprint density at radius 2 is 1.90 bits per heavy atom. The van der Waals surface area contributed by atoms with Crippen molar-refractivity contribution < 1.29 is 23.5 Å². The Morgan fingerprint density at radius 1 is 1.10 bits per heavy atom. The van der Waals surface area contributed by atoms with Crippen molar-refractivity contribution in [1.29, 1.82) is 0 Å². The van der Waals surface area contributed by atoms with E-state index >= 15 is 0 Å². The van der Waals surface area contributed by atoms with Gasteiger partial charge in [-0.2, -0.15) is 10.2 Å². The van der Waals surface area contributed by atoms with E-state index in [9.17, 15) is 14.0 Å². The van der Waals surface area contributed by atoms with Gasteiger partial charge in [-0.05, 0) is 77.1 Å². The quantitative estimate of drug-likeness (QED) is 0.268. The van der Waals surface area contributed by atoms with Gasteiger partial charge in [-0.25, -0.2) is 18.9 Å². The molecule has 0 fully saturated rings. The average molecular weight is 545 g/mol.